The van der Waals surface area contributed by atoms with Crippen LogP contribution in [0.1, 0.15) is 28.1 Å². The van der Waals surface area contributed by atoms with Gasteiger partial charge in [-0.25, -0.2) is 4.79 Å². The molecule has 3 heterocycles. The van der Waals surface area contributed by atoms with E-state index in [9.17, 15) is 9.59 Å². The second-order valence-corrected chi connectivity index (χ2v) is 7.24. The van der Waals surface area contributed by atoms with Gasteiger partial charge in [-0.1, -0.05) is 29.8 Å². The van der Waals surface area contributed by atoms with Crippen LogP contribution in [0.4, 0.5) is 4.79 Å². The summed E-state index contributed by atoms with van der Waals surface area (Å²) < 4.78 is 2.07. The highest BCUT2D eigenvalue weighted by atomic mass is 16.2. The van der Waals surface area contributed by atoms with Gasteiger partial charge in [-0.3, -0.25) is 14.7 Å². The summed E-state index contributed by atoms with van der Waals surface area (Å²) >= 11 is 0. The van der Waals surface area contributed by atoms with E-state index in [0.29, 0.717) is 0 Å². The average Bonchev–Trinajstić information content (AvgIpc) is 3.14. The molecule has 0 radical (unpaired) electrons. The number of hydrogen-bond acceptors (Lipinski definition) is 3. The molecule has 3 aromatic rings. The zero-order valence-corrected chi connectivity index (χ0v) is 16.6. The van der Waals surface area contributed by atoms with Gasteiger partial charge in [0.25, 0.3) is 5.91 Å². The summed E-state index contributed by atoms with van der Waals surface area (Å²) in [6.45, 7) is 6.23. The van der Waals surface area contributed by atoms with Crippen LogP contribution in [0.2, 0.25) is 0 Å². The molecule has 0 saturated carbocycles. The van der Waals surface area contributed by atoms with Crippen molar-refractivity contribution >= 4 is 18.0 Å². The van der Waals surface area contributed by atoms with Crippen molar-refractivity contribution in [3.05, 3.63) is 88.6 Å². The third-order valence-electron chi connectivity index (χ3n) is 5.10. The highest BCUT2D eigenvalue weighted by Crippen LogP contribution is 2.24. The van der Waals surface area contributed by atoms with E-state index in [1.807, 2.05) is 63.2 Å². The van der Waals surface area contributed by atoms with Crippen molar-refractivity contribution in [3.63, 3.8) is 0 Å². The van der Waals surface area contributed by atoms with Gasteiger partial charge in [0.15, 0.2) is 0 Å². The molecule has 0 unspecified atom stereocenters. The Hall–Kier alpha value is -3.67. The zero-order valence-electron chi connectivity index (χ0n) is 16.6. The molecule has 1 aliphatic heterocycles. The Morgan fingerprint density at radius 3 is 2.52 bits per heavy atom. The lowest BCUT2D eigenvalue weighted by Gasteiger charge is -2.11. The number of aromatic nitrogens is 2. The number of rotatable bonds is 4. The Morgan fingerprint density at radius 1 is 1.07 bits per heavy atom. The first-order valence-corrected chi connectivity index (χ1v) is 9.43. The molecule has 1 aliphatic rings. The SMILES string of the molecule is Cc1ccc(CN2C(=O)N/C(=C/c3cc(C)n(-c4cccnc4)c3C)C2=O)cc1. The van der Waals surface area contributed by atoms with E-state index in [-0.39, 0.29) is 18.1 Å². The van der Waals surface area contributed by atoms with Crippen molar-refractivity contribution in [2.75, 3.05) is 0 Å². The van der Waals surface area contributed by atoms with Gasteiger partial charge in [-0.2, -0.15) is 0 Å². The number of nitrogens with zero attached hydrogens (tertiary/aromatic N) is 3. The summed E-state index contributed by atoms with van der Waals surface area (Å²) in [7, 11) is 0. The van der Waals surface area contributed by atoms with E-state index >= 15 is 0 Å². The van der Waals surface area contributed by atoms with Gasteiger partial charge >= 0.3 is 6.03 Å². The van der Waals surface area contributed by atoms with Crippen LogP contribution in [0.3, 0.4) is 0 Å². The highest BCUT2D eigenvalue weighted by molar-refractivity contribution is 6.13. The fourth-order valence-electron chi connectivity index (χ4n) is 3.56. The lowest BCUT2D eigenvalue weighted by atomic mass is 10.1. The van der Waals surface area contributed by atoms with Gasteiger partial charge in [-0.15, -0.1) is 0 Å². The van der Waals surface area contributed by atoms with Crippen LogP contribution in [0.25, 0.3) is 11.8 Å². The van der Waals surface area contributed by atoms with Crippen molar-refractivity contribution in [1.29, 1.82) is 0 Å². The predicted octanol–water partition coefficient (Wildman–Crippen LogP) is 3.89. The number of pyridine rings is 1. The predicted molar refractivity (Wildman–Crippen MR) is 111 cm³/mol. The Morgan fingerprint density at radius 2 is 1.83 bits per heavy atom. The first-order valence-electron chi connectivity index (χ1n) is 9.43. The Bertz CT molecular complexity index is 1110. The van der Waals surface area contributed by atoms with Crippen LogP contribution in [-0.4, -0.2) is 26.4 Å². The summed E-state index contributed by atoms with van der Waals surface area (Å²) in [4.78, 5) is 30.6. The second-order valence-electron chi connectivity index (χ2n) is 7.24. The zero-order chi connectivity index (χ0) is 20.5. The maximum atomic E-state index is 12.8. The van der Waals surface area contributed by atoms with E-state index in [1.54, 1.807) is 18.5 Å². The monoisotopic (exact) mass is 386 g/mol. The summed E-state index contributed by atoms with van der Waals surface area (Å²) in [5.74, 6) is -0.318. The van der Waals surface area contributed by atoms with Crippen molar-refractivity contribution < 1.29 is 9.59 Å². The number of carbonyl (C=O) groups excluding carboxylic acids is 2. The molecule has 6 nitrogen and oxygen atoms in total. The number of amides is 3. The normalized spacial score (nSPS) is 15.3. The molecule has 0 bridgehead atoms. The second kappa shape index (κ2) is 7.39. The Kier molecular flexibility index (Phi) is 4.76. The van der Waals surface area contributed by atoms with Gasteiger partial charge in [0, 0.05) is 17.6 Å². The number of imide groups is 1. The number of benzene rings is 1. The minimum atomic E-state index is -0.400. The maximum absolute atomic E-state index is 12.8. The first kappa shape index (κ1) is 18.7. The first-order chi connectivity index (χ1) is 13.9. The van der Waals surface area contributed by atoms with Gasteiger partial charge in [-0.05, 0) is 56.2 Å². The van der Waals surface area contributed by atoms with E-state index in [4.69, 9.17) is 0 Å². The van der Waals surface area contributed by atoms with Crippen molar-refractivity contribution in [1.82, 2.24) is 19.8 Å². The van der Waals surface area contributed by atoms with Crippen LogP contribution in [0, 0.1) is 20.8 Å². The average molecular weight is 386 g/mol. The van der Waals surface area contributed by atoms with Gasteiger partial charge in [0.2, 0.25) is 0 Å². The molecule has 2 aromatic heterocycles. The topological polar surface area (TPSA) is 67.2 Å². The van der Waals surface area contributed by atoms with Crippen molar-refractivity contribution in [3.8, 4) is 5.69 Å². The third-order valence-corrected chi connectivity index (χ3v) is 5.10. The van der Waals surface area contributed by atoms with E-state index in [2.05, 4.69) is 14.9 Å². The molecule has 1 N–H and O–H groups in total. The molecule has 0 spiro atoms. The largest absolute Gasteiger partial charge is 0.329 e. The molecule has 4 rings (SSSR count). The molecule has 29 heavy (non-hydrogen) atoms. The van der Waals surface area contributed by atoms with Crippen LogP contribution in [0.5, 0.6) is 0 Å². The van der Waals surface area contributed by atoms with E-state index in [0.717, 1.165) is 33.8 Å². The van der Waals surface area contributed by atoms with Crippen molar-refractivity contribution in [2.24, 2.45) is 0 Å². The fraction of sp³-hybridized carbons (Fsp3) is 0.174. The molecule has 146 valence electrons. The summed E-state index contributed by atoms with van der Waals surface area (Å²) in [5, 5.41) is 2.71. The van der Waals surface area contributed by atoms with Gasteiger partial charge in [0.1, 0.15) is 5.70 Å². The minimum absolute atomic E-state index is 0.247. The van der Waals surface area contributed by atoms with Crippen LogP contribution in [-0.2, 0) is 11.3 Å². The lowest BCUT2D eigenvalue weighted by Crippen LogP contribution is -2.30. The maximum Gasteiger partial charge on any atom is 0.329 e. The van der Waals surface area contributed by atoms with Crippen LogP contribution < -0.4 is 5.32 Å². The smallest absolute Gasteiger partial charge is 0.316 e. The van der Waals surface area contributed by atoms with E-state index < -0.39 is 6.03 Å². The molecule has 6 heteroatoms. The van der Waals surface area contributed by atoms with Gasteiger partial charge in [0.05, 0.1) is 18.4 Å². The molecular formula is C23H22N4O2. The molecule has 0 atom stereocenters. The van der Waals surface area contributed by atoms with Crippen molar-refractivity contribution in [2.45, 2.75) is 27.3 Å². The number of hydrogen-bond donors (Lipinski definition) is 1. The number of urea groups is 1. The molecule has 0 aliphatic carbocycles. The molecule has 1 fully saturated rings. The Balaban J connectivity index is 1.62. The van der Waals surface area contributed by atoms with Gasteiger partial charge < -0.3 is 9.88 Å². The van der Waals surface area contributed by atoms with Crippen LogP contribution >= 0.6 is 0 Å². The van der Waals surface area contributed by atoms with E-state index in [1.165, 1.54) is 4.90 Å². The van der Waals surface area contributed by atoms with Crippen LogP contribution in [0.15, 0.2) is 60.6 Å². The molecule has 3 amide bonds. The molecule has 1 aromatic carbocycles. The fourth-order valence-corrected chi connectivity index (χ4v) is 3.56. The lowest BCUT2D eigenvalue weighted by molar-refractivity contribution is -0.123. The third kappa shape index (κ3) is 3.57. The number of nitrogens with one attached hydrogen (secondary N) is 1. The number of aryl methyl sites for hydroxylation is 2. The molecular weight excluding hydrogens is 364 g/mol. The number of carbonyl (C=O) groups is 2. The summed E-state index contributed by atoms with van der Waals surface area (Å²) in [5.41, 5.74) is 6.17. The standard InChI is InChI=1S/C23H22N4O2/c1-15-6-8-18(9-7-15)14-26-22(28)21(25-23(26)29)12-19-11-16(2)27(17(19)3)20-5-4-10-24-13-20/h4-13H,14H2,1-3H3,(H,25,29)/b21-12+. The highest BCUT2D eigenvalue weighted by Gasteiger charge is 2.33. The Labute approximate surface area is 169 Å². The summed E-state index contributed by atoms with van der Waals surface area (Å²) in [6.07, 6.45) is 5.27. The minimum Gasteiger partial charge on any atom is -0.316 e. The summed E-state index contributed by atoms with van der Waals surface area (Å²) in [6, 6.07) is 13.3. The quantitative estimate of drug-likeness (QED) is 0.546. The molecule has 1 saturated heterocycles.